The third kappa shape index (κ3) is 7.92. The topological polar surface area (TPSA) is 68.2 Å². The van der Waals surface area contributed by atoms with Gasteiger partial charge in [0.1, 0.15) is 17.6 Å². The summed E-state index contributed by atoms with van der Waals surface area (Å²) in [7, 11) is 0. The van der Waals surface area contributed by atoms with Gasteiger partial charge in [-0.15, -0.1) is 13.2 Å². The summed E-state index contributed by atoms with van der Waals surface area (Å²) in [6.45, 7) is 3.07. The quantitative estimate of drug-likeness (QED) is 0.668. The molecule has 1 aliphatic rings. The molecule has 1 fully saturated rings. The van der Waals surface area contributed by atoms with Gasteiger partial charge in [-0.2, -0.15) is 0 Å². The van der Waals surface area contributed by atoms with Crippen molar-refractivity contribution in [3.63, 3.8) is 0 Å². The normalized spacial score (nSPS) is 16.4. The van der Waals surface area contributed by atoms with E-state index in [9.17, 15) is 18.0 Å². The van der Waals surface area contributed by atoms with Gasteiger partial charge in [-0.05, 0) is 37.1 Å². The number of hydrogen-bond acceptors (Lipinski definition) is 5. The average Bonchev–Trinajstić information content (AvgIpc) is 2.56. The molecule has 1 aromatic rings. The first-order chi connectivity index (χ1) is 12.3. The van der Waals surface area contributed by atoms with Gasteiger partial charge in [0.25, 0.3) is 0 Å². The van der Waals surface area contributed by atoms with Crippen molar-refractivity contribution in [2.45, 2.75) is 31.7 Å². The Bertz CT molecular complexity index is 557. The molecule has 1 aliphatic heterocycles. The van der Waals surface area contributed by atoms with Crippen molar-refractivity contribution >= 4 is 5.97 Å². The Kier molecular flexibility index (Phi) is 7.52. The molecule has 0 spiro atoms. The third-order valence-electron chi connectivity index (χ3n) is 3.91. The van der Waals surface area contributed by atoms with Gasteiger partial charge >= 0.3 is 12.3 Å². The number of carboxylic acid groups (broad SMARTS) is 1. The van der Waals surface area contributed by atoms with E-state index in [4.69, 9.17) is 14.6 Å². The molecule has 1 N–H and O–H groups in total. The zero-order valence-corrected chi connectivity index (χ0v) is 14.2. The first-order valence-corrected chi connectivity index (χ1v) is 8.36. The minimum atomic E-state index is -4.70. The Morgan fingerprint density at radius 3 is 2.31 bits per heavy atom. The van der Waals surface area contributed by atoms with Gasteiger partial charge in [-0.1, -0.05) is 0 Å². The van der Waals surface area contributed by atoms with E-state index < -0.39 is 12.3 Å². The van der Waals surface area contributed by atoms with Crippen molar-refractivity contribution in [3.8, 4) is 11.5 Å². The summed E-state index contributed by atoms with van der Waals surface area (Å²) in [4.78, 5) is 12.6. The smallest absolute Gasteiger partial charge is 0.490 e. The van der Waals surface area contributed by atoms with Crippen LogP contribution in [0.2, 0.25) is 0 Å². The van der Waals surface area contributed by atoms with E-state index in [-0.39, 0.29) is 24.9 Å². The van der Waals surface area contributed by atoms with E-state index in [0.717, 1.165) is 32.5 Å². The largest absolute Gasteiger partial charge is 0.573 e. The van der Waals surface area contributed by atoms with Crippen LogP contribution in [0.15, 0.2) is 24.3 Å². The summed E-state index contributed by atoms with van der Waals surface area (Å²) in [5.74, 6) is -0.640. The van der Waals surface area contributed by atoms with E-state index in [1.807, 2.05) is 0 Å². The minimum absolute atomic E-state index is 0.00269. The molecule has 2 rings (SSSR count). The van der Waals surface area contributed by atoms with Crippen molar-refractivity contribution in [2.24, 2.45) is 0 Å². The highest BCUT2D eigenvalue weighted by molar-refractivity contribution is 5.66. The molecule has 0 saturated carbocycles. The molecule has 0 atom stereocenters. The molecule has 1 saturated heterocycles. The van der Waals surface area contributed by atoms with Crippen molar-refractivity contribution < 1.29 is 37.3 Å². The third-order valence-corrected chi connectivity index (χ3v) is 3.91. The van der Waals surface area contributed by atoms with Crippen LogP contribution < -0.4 is 9.47 Å². The lowest BCUT2D eigenvalue weighted by atomic mass is 10.1. The van der Waals surface area contributed by atoms with Gasteiger partial charge in [0.2, 0.25) is 0 Å². The van der Waals surface area contributed by atoms with Crippen LogP contribution >= 0.6 is 0 Å². The number of carbonyl (C=O) groups is 1. The molecule has 9 heteroatoms. The lowest BCUT2D eigenvalue weighted by Gasteiger charge is -2.32. The summed E-state index contributed by atoms with van der Waals surface area (Å²) < 4.78 is 51.3. The van der Waals surface area contributed by atoms with Crippen LogP contribution in [-0.2, 0) is 9.53 Å². The van der Waals surface area contributed by atoms with Crippen LogP contribution in [0.1, 0.15) is 19.3 Å². The number of likely N-dealkylation sites (tertiary alicyclic amines) is 1. The van der Waals surface area contributed by atoms with Crippen molar-refractivity contribution in [1.29, 1.82) is 0 Å². The van der Waals surface area contributed by atoms with Crippen molar-refractivity contribution in [1.82, 2.24) is 4.90 Å². The Morgan fingerprint density at radius 1 is 1.12 bits per heavy atom. The van der Waals surface area contributed by atoms with Gasteiger partial charge in [-0.25, -0.2) is 0 Å². The van der Waals surface area contributed by atoms with Gasteiger partial charge in [0.15, 0.2) is 0 Å². The second-order valence-corrected chi connectivity index (χ2v) is 5.93. The summed E-state index contributed by atoms with van der Waals surface area (Å²) >= 11 is 0. The lowest BCUT2D eigenvalue weighted by Crippen LogP contribution is -2.39. The first kappa shape index (κ1) is 20.3. The molecule has 0 bridgehead atoms. The number of piperidine rings is 1. The lowest BCUT2D eigenvalue weighted by molar-refractivity contribution is -0.274. The summed E-state index contributed by atoms with van der Waals surface area (Å²) in [6, 6.07) is 5.38. The molecular formula is C17H22F3NO5. The van der Waals surface area contributed by atoms with Crippen LogP contribution in [-0.4, -0.2) is 61.3 Å². The standard InChI is InChI=1S/C17H22F3NO5/c18-17(19,20)26-15-3-1-13(2-4-15)25-14-5-8-21(9-6-14)10-12-24-11-7-16(22)23/h1-4,14H,5-12H2,(H,22,23). The molecule has 0 unspecified atom stereocenters. The summed E-state index contributed by atoms with van der Waals surface area (Å²) in [5.41, 5.74) is 0. The van der Waals surface area contributed by atoms with E-state index in [2.05, 4.69) is 9.64 Å². The highest BCUT2D eigenvalue weighted by Crippen LogP contribution is 2.26. The molecule has 0 amide bonds. The van der Waals surface area contributed by atoms with Crippen LogP contribution in [0.4, 0.5) is 13.2 Å². The van der Waals surface area contributed by atoms with Crippen LogP contribution in [0.25, 0.3) is 0 Å². The van der Waals surface area contributed by atoms with Crippen molar-refractivity contribution in [3.05, 3.63) is 24.3 Å². The highest BCUT2D eigenvalue weighted by atomic mass is 19.4. The fourth-order valence-electron chi connectivity index (χ4n) is 2.62. The van der Waals surface area contributed by atoms with Crippen LogP contribution in [0.3, 0.4) is 0 Å². The highest BCUT2D eigenvalue weighted by Gasteiger charge is 2.31. The van der Waals surface area contributed by atoms with Crippen LogP contribution in [0.5, 0.6) is 11.5 Å². The predicted molar refractivity (Wildman–Crippen MR) is 86.3 cm³/mol. The fraction of sp³-hybridized carbons (Fsp3) is 0.588. The monoisotopic (exact) mass is 377 g/mol. The van der Waals surface area contributed by atoms with Crippen LogP contribution in [0, 0.1) is 0 Å². The fourth-order valence-corrected chi connectivity index (χ4v) is 2.62. The number of rotatable bonds is 9. The Morgan fingerprint density at radius 2 is 1.73 bits per heavy atom. The molecular weight excluding hydrogens is 355 g/mol. The van der Waals surface area contributed by atoms with Gasteiger partial charge < -0.3 is 24.2 Å². The number of hydrogen-bond donors (Lipinski definition) is 1. The zero-order valence-electron chi connectivity index (χ0n) is 14.2. The van der Waals surface area contributed by atoms with E-state index in [1.54, 1.807) is 0 Å². The minimum Gasteiger partial charge on any atom is -0.490 e. The van der Waals surface area contributed by atoms with Gasteiger partial charge in [-0.3, -0.25) is 4.79 Å². The van der Waals surface area contributed by atoms with Crippen molar-refractivity contribution in [2.75, 3.05) is 32.8 Å². The molecule has 0 aromatic heterocycles. The van der Waals surface area contributed by atoms with E-state index in [0.29, 0.717) is 12.4 Å². The number of alkyl halides is 3. The van der Waals surface area contributed by atoms with E-state index >= 15 is 0 Å². The Labute approximate surface area is 149 Å². The molecule has 146 valence electrons. The number of nitrogens with zero attached hydrogens (tertiary/aromatic N) is 1. The first-order valence-electron chi connectivity index (χ1n) is 8.36. The summed E-state index contributed by atoms with van der Waals surface area (Å²) in [5, 5.41) is 8.52. The Balaban J connectivity index is 1.64. The average molecular weight is 377 g/mol. The number of aliphatic carboxylic acids is 1. The molecule has 0 aliphatic carbocycles. The number of benzene rings is 1. The molecule has 6 nitrogen and oxygen atoms in total. The SMILES string of the molecule is O=C(O)CCOCCN1CCC(Oc2ccc(OC(F)(F)F)cc2)CC1. The maximum absolute atomic E-state index is 12.1. The Hall–Kier alpha value is -2.00. The molecule has 1 heterocycles. The van der Waals surface area contributed by atoms with E-state index in [1.165, 1.54) is 24.3 Å². The number of carboxylic acids is 1. The predicted octanol–water partition coefficient (Wildman–Crippen LogP) is 2.92. The maximum Gasteiger partial charge on any atom is 0.573 e. The van der Waals surface area contributed by atoms with Gasteiger partial charge in [0.05, 0.1) is 19.6 Å². The maximum atomic E-state index is 12.1. The number of ether oxygens (including phenoxy) is 3. The molecule has 26 heavy (non-hydrogen) atoms. The second kappa shape index (κ2) is 9.63. The molecule has 0 radical (unpaired) electrons. The molecule has 1 aromatic carbocycles. The second-order valence-electron chi connectivity index (χ2n) is 5.93. The van der Waals surface area contributed by atoms with Gasteiger partial charge in [0, 0.05) is 19.6 Å². The number of halogens is 3. The zero-order chi connectivity index (χ0) is 19.0. The summed E-state index contributed by atoms with van der Waals surface area (Å²) in [6.07, 6.45) is -3.09.